The Morgan fingerprint density at radius 1 is 1.10 bits per heavy atom. The molecule has 1 rings (SSSR count). The number of hydrogen-bond donors (Lipinski definition) is 2. The second kappa shape index (κ2) is 7.96. The third-order valence-electron chi connectivity index (χ3n) is 3.63. The van der Waals surface area contributed by atoms with E-state index in [-0.39, 0.29) is 6.04 Å². The Kier molecular flexibility index (Phi) is 6.90. The lowest BCUT2D eigenvalue weighted by molar-refractivity contribution is 0.490. The fourth-order valence-electron chi connectivity index (χ4n) is 2.39. The standard InChI is InChI=1S/C15H28N2O3S/c1-6-9-16-10-14-11(4)20-12(5)15(14)21(18,19)17-13(7-2)8-3/h13,16-17H,6-10H2,1-5H3. The van der Waals surface area contributed by atoms with Gasteiger partial charge in [-0.15, -0.1) is 0 Å². The van der Waals surface area contributed by atoms with Gasteiger partial charge in [-0.25, -0.2) is 13.1 Å². The van der Waals surface area contributed by atoms with Gasteiger partial charge in [0.15, 0.2) is 0 Å². The van der Waals surface area contributed by atoms with Crippen LogP contribution in [0.4, 0.5) is 0 Å². The van der Waals surface area contributed by atoms with Crippen LogP contribution in [0.5, 0.6) is 0 Å². The van der Waals surface area contributed by atoms with Crippen molar-refractivity contribution in [3.8, 4) is 0 Å². The van der Waals surface area contributed by atoms with Gasteiger partial charge in [-0.2, -0.15) is 0 Å². The highest BCUT2D eigenvalue weighted by Gasteiger charge is 2.28. The maximum atomic E-state index is 12.6. The van der Waals surface area contributed by atoms with Gasteiger partial charge in [-0.05, 0) is 39.7 Å². The predicted octanol–water partition coefficient (Wildman–Crippen LogP) is 2.86. The molecule has 0 amide bonds. The normalized spacial score (nSPS) is 12.3. The van der Waals surface area contributed by atoms with Crippen molar-refractivity contribution < 1.29 is 12.8 Å². The first-order valence-electron chi connectivity index (χ1n) is 7.69. The van der Waals surface area contributed by atoms with Crippen molar-refractivity contribution in [1.29, 1.82) is 0 Å². The highest BCUT2D eigenvalue weighted by Crippen LogP contribution is 2.27. The average Bonchev–Trinajstić information content (AvgIpc) is 2.71. The number of furan rings is 1. The van der Waals surface area contributed by atoms with Crippen LogP contribution in [-0.2, 0) is 16.6 Å². The van der Waals surface area contributed by atoms with Crippen molar-refractivity contribution in [3.63, 3.8) is 0 Å². The minimum absolute atomic E-state index is 0.0407. The van der Waals surface area contributed by atoms with Crippen LogP contribution >= 0.6 is 0 Å². The van der Waals surface area contributed by atoms with Crippen LogP contribution < -0.4 is 10.0 Å². The fourth-order valence-corrected chi connectivity index (χ4v) is 4.24. The third kappa shape index (κ3) is 4.56. The summed E-state index contributed by atoms with van der Waals surface area (Å²) >= 11 is 0. The van der Waals surface area contributed by atoms with Gasteiger partial charge in [0.05, 0.1) is 0 Å². The van der Waals surface area contributed by atoms with Crippen LogP contribution in [0.2, 0.25) is 0 Å². The van der Waals surface area contributed by atoms with Crippen LogP contribution in [-0.4, -0.2) is 21.0 Å². The summed E-state index contributed by atoms with van der Waals surface area (Å²) in [5.74, 6) is 1.13. The zero-order valence-electron chi connectivity index (χ0n) is 13.7. The third-order valence-corrected chi connectivity index (χ3v) is 5.34. The van der Waals surface area contributed by atoms with Crippen molar-refractivity contribution in [3.05, 3.63) is 17.1 Å². The van der Waals surface area contributed by atoms with Gasteiger partial charge in [0, 0.05) is 18.2 Å². The molecule has 6 heteroatoms. The van der Waals surface area contributed by atoms with E-state index in [9.17, 15) is 8.42 Å². The average molecular weight is 316 g/mol. The Balaban J connectivity index is 3.10. The molecule has 0 spiro atoms. The number of sulfonamides is 1. The van der Waals surface area contributed by atoms with E-state index in [1.54, 1.807) is 6.92 Å². The molecule has 0 bridgehead atoms. The Morgan fingerprint density at radius 2 is 1.71 bits per heavy atom. The summed E-state index contributed by atoms with van der Waals surface area (Å²) in [6.45, 7) is 10.9. The molecule has 2 N–H and O–H groups in total. The number of aryl methyl sites for hydroxylation is 2. The Morgan fingerprint density at radius 3 is 2.24 bits per heavy atom. The topological polar surface area (TPSA) is 71.3 Å². The lowest BCUT2D eigenvalue weighted by atomic mass is 10.2. The molecule has 5 nitrogen and oxygen atoms in total. The Bertz CT molecular complexity index is 546. The second-order valence-corrected chi connectivity index (χ2v) is 6.98. The van der Waals surface area contributed by atoms with E-state index in [4.69, 9.17) is 4.42 Å². The van der Waals surface area contributed by atoms with Gasteiger partial charge in [0.2, 0.25) is 10.0 Å². The molecule has 0 saturated heterocycles. The molecule has 0 unspecified atom stereocenters. The van der Waals surface area contributed by atoms with Crippen molar-refractivity contribution >= 4 is 10.0 Å². The number of nitrogens with one attached hydrogen (secondary N) is 2. The molecule has 0 aromatic carbocycles. The maximum absolute atomic E-state index is 12.6. The molecule has 1 aromatic rings. The van der Waals surface area contributed by atoms with Crippen molar-refractivity contribution in [2.24, 2.45) is 0 Å². The number of hydrogen-bond acceptors (Lipinski definition) is 4. The highest BCUT2D eigenvalue weighted by molar-refractivity contribution is 7.89. The minimum atomic E-state index is -3.55. The molecule has 0 aliphatic rings. The molecular formula is C15H28N2O3S. The molecule has 0 radical (unpaired) electrons. The molecule has 1 aromatic heterocycles. The zero-order valence-corrected chi connectivity index (χ0v) is 14.6. The minimum Gasteiger partial charge on any atom is -0.465 e. The first kappa shape index (κ1) is 18.2. The van der Waals surface area contributed by atoms with Crippen LogP contribution in [0, 0.1) is 13.8 Å². The molecule has 21 heavy (non-hydrogen) atoms. The molecule has 0 atom stereocenters. The van der Waals surface area contributed by atoms with E-state index in [0.29, 0.717) is 23.0 Å². The summed E-state index contributed by atoms with van der Waals surface area (Å²) in [5.41, 5.74) is 0.736. The molecule has 1 heterocycles. The Labute approximate surface area is 128 Å². The first-order chi connectivity index (χ1) is 9.87. The van der Waals surface area contributed by atoms with Crippen molar-refractivity contribution in [1.82, 2.24) is 10.0 Å². The van der Waals surface area contributed by atoms with Gasteiger partial charge in [0.1, 0.15) is 16.4 Å². The SMILES string of the molecule is CCCNCc1c(C)oc(C)c1S(=O)(=O)NC(CC)CC. The highest BCUT2D eigenvalue weighted by atomic mass is 32.2. The summed E-state index contributed by atoms with van der Waals surface area (Å²) in [7, 11) is -3.55. The summed E-state index contributed by atoms with van der Waals surface area (Å²) in [6.07, 6.45) is 2.55. The quantitative estimate of drug-likeness (QED) is 0.687. The molecule has 0 aliphatic heterocycles. The lowest BCUT2D eigenvalue weighted by Gasteiger charge is -2.15. The Hall–Kier alpha value is -0.850. The molecule has 0 saturated carbocycles. The maximum Gasteiger partial charge on any atom is 0.244 e. The predicted molar refractivity (Wildman–Crippen MR) is 84.9 cm³/mol. The van der Waals surface area contributed by atoms with E-state index in [1.807, 2.05) is 20.8 Å². The molecule has 0 aliphatic carbocycles. The van der Waals surface area contributed by atoms with Gasteiger partial charge in [0.25, 0.3) is 0 Å². The van der Waals surface area contributed by atoms with E-state index in [0.717, 1.165) is 31.4 Å². The monoisotopic (exact) mass is 316 g/mol. The second-order valence-electron chi connectivity index (χ2n) is 5.33. The van der Waals surface area contributed by atoms with Crippen LogP contribution in [0.3, 0.4) is 0 Å². The first-order valence-corrected chi connectivity index (χ1v) is 9.17. The summed E-state index contributed by atoms with van der Waals surface area (Å²) < 4.78 is 33.6. The largest absolute Gasteiger partial charge is 0.465 e. The van der Waals surface area contributed by atoms with E-state index >= 15 is 0 Å². The van der Waals surface area contributed by atoms with Gasteiger partial charge in [-0.1, -0.05) is 20.8 Å². The summed E-state index contributed by atoms with van der Waals surface area (Å²) in [4.78, 5) is 0.301. The van der Waals surface area contributed by atoms with Gasteiger partial charge < -0.3 is 9.73 Å². The smallest absolute Gasteiger partial charge is 0.244 e. The van der Waals surface area contributed by atoms with Crippen LogP contribution in [0.1, 0.15) is 57.1 Å². The van der Waals surface area contributed by atoms with Crippen molar-refractivity contribution in [2.75, 3.05) is 6.54 Å². The number of rotatable bonds is 9. The molecule has 0 fully saturated rings. The van der Waals surface area contributed by atoms with Gasteiger partial charge in [-0.3, -0.25) is 0 Å². The van der Waals surface area contributed by atoms with Crippen LogP contribution in [0.15, 0.2) is 9.31 Å². The van der Waals surface area contributed by atoms with E-state index < -0.39 is 10.0 Å². The zero-order chi connectivity index (χ0) is 16.0. The van der Waals surface area contributed by atoms with Crippen molar-refractivity contribution in [2.45, 2.75) is 71.4 Å². The lowest BCUT2D eigenvalue weighted by Crippen LogP contribution is -2.34. The fraction of sp³-hybridized carbons (Fsp3) is 0.733. The molecule has 122 valence electrons. The molecular weight excluding hydrogens is 288 g/mol. The van der Waals surface area contributed by atoms with E-state index in [1.165, 1.54) is 0 Å². The summed E-state index contributed by atoms with van der Waals surface area (Å²) in [5, 5.41) is 3.25. The van der Waals surface area contributed by atoms with Crippen LogP contribution in [0.25, 0.3) is 0 Å². The van der Waals surface area contributed by atoms with Gasteiger partial charge >= 0.3 is 0 Å². The summed E-state index contributed by atoms with van der Waals surface area (Å²) in [6, 6.07) is -0.0407. The van der Waals surface area contributed by atoms with E-state index in [2.05, 4.69) is 17.0 Å².